The van der Waals surface area contributed by atoms with Gasteiger partial charge in [0.25, 0.3) is 0 Å². The Bertz CT molecular complexity index is 989. The monoisotopic (exact) mass is 565 g/mol. The lowest BCUT2D eigenvalue weighted by Gasteiger charge is -2.20. The molecule has 2 N–H and O–H groups in total. The second kappa shape index (κ2) is 16.8. The highest BCUT2D eigenvalue weighted by atomic mass is 16.7. The van der Waals surface area contributed by atoms with Crippen molar-refractivity contribution < 1.29 is 42.9 Å². The first kappa shape index (κ1) is 34.9. The predicted molar refractivity (Wildman–Crippen MR) is 150 cm³/mol. The Labute approximate surface area is 238 Å². The highest BCUT2D eigenvalue weighted by Gasteiger charge is 2.25. The Kier molecular flexibility index (Phi) is 14.7. The molecule has 10 heteroatoms. The molecule has 0 aliphatic heterocycles. The van der Waals surface area contributed by atoms with Crippen LogP contribution in [0.4, 0.5) is 4.79 Å². The zero-order chi connectivity index (χ0) is 30.6. The van der Waals surface area contributed by atoms with Gasteiger partial charge in [0.1, 0.15) is 18.8 Å². The van der Waals surface area contributed by atoms with Crippen molar-refractivity contribution in [2.24, 2.45) is 35.3 Å². The molecular formula is C30H47NO9. The van der Waals surface area contributed by atoms with Gasteiger partial charge >= 0.3 is 24.1 Å². The first-order valence-corrected chi connectivity index (χ1v) is 13.9. The van der Waals surface area contributed by atoms with E-state index in [9.17, 15) is 19.2 Å². The van der Waals surface area contributed by atoms with E-state index in [0.717, 1.165) is 0 Å². The molecule has 0 aromatic heterocycles. The zero-order valence-corrected chi connectivity index (χ0v) is 25.4. The van der Waals surface area contributed by atoms with E-state index in [2.05, 4.69) is 0 Å². The van der Waals surface area contributed by atoms with Crippen molar-refractivity contribution in [3.8, 4) is 11.5 Å². The largest absolute Gasteiger partial charge is 0.508 e. The average molecular weight is 566 g/mol. The van der Waals surface area contributed by atoms with Crippen LogP contribution in [0.25, 0.3) is 0 Å². The van der Waals surface area contributed by atoms with Crippen LogP contribution in [0.1, 0.15) is 74.3 Å². The number of hydrogen-bond donors (Lipinski definition) is 1. The van der Waals surface area contributed by atoms with Gasteiger partial charge in [0, 0.05) is 0 Å². The van der Waals surface area contributed by atoms with E-state index >= 15 is 0 Å². The van der Waals surface area contributed by atoms with Crippen molar-refractivity contribution in [2.75, 3.05) is 13.2 Å². The Hall–Kier alpha value is -3.14. The first-order valence-electron chi connectivity index (χ1n) is 13.9. The number of carbonyl (C=O) groups excluding carboxylic acids is 4. The highest BCUT2D eigenvalue weighted by molar-refractivity contribution is 5.79. The Balaban J connectivity index is 2.88. The van der Waals surface area contributed by atoms with Gasteiger partial charge in [0.05, 0.1) is 18.4 Å². The molecule has 1 aromatic carbocycles. The summed E-state index contributed by atoms with van der Waals surface area (Å²) in [4.78, 5) is 49.5. The molecule has 0 heterocycles. The maximum Gasteiger partial charge on any atom is 0.508 e. The van der Waals surface area contributed by atoms with Gasteiger partial charge in [-0.1, -0.05) is 61.5 Å². The van der Waals surface area contributed by atoms with Crippen LogP contribution in [-0.2, 0) is 35.0 Å². The molecule has 0 saturated carbocycles. The topological polar surface area (TPSA) is 140 Å². The Morgan fingerprint density at radius 3 is 1.82 bits per heavy atom. The number of ether oxygens (including phenoxy) is 5. The third kappa shape index (κ3) is 12.4. The first-order chi connectivity index (χ1) is 18.6. The van der Waals surface area contributed by atoms with Gasteiger partial charge in [0.15, 0.2) is 11.5 Å². The molecule has 0 amide bonds. The molecule has 4 atom stereocenters. The van der Waals surface area contributed by atoms with Crippen LogP contribution in [0.15, 0.2) is 18.2 Å². The standard InChI is InChI=1S/C30H47NO9/c1-17(2)12-13-36-30(35)37-16-20(7)38-29(34)24(31)14-23-10-11-25(39-27(32)21(8)18(3)4)26(15-23)40-28(33)22(9)19(5)6/h10-11,15,17-22,24H,12-14,16,31H2,1-9H3/t20-,21?,22?,24-/m0/s1. The second-order valence-corrected chi connectivity index (χ2v) is 11.3. The fraction of sp³-hybridized carbons (Fsp3) is 0.667. The molecule has 0 bridgehead atoms. The number of rotatable bonds is 15. The summed E-state index contributed by atoms with van der Waals surface area (Å²) in [5.41, 5.74) is 6.65. The van der Waals surface area contributed by atoms with Crippen molar-refractivity contribution in [3.63, 3.8) is 0 Å². The maximum atomic E-state index is 12.7. The maximum absolute atomic E-state index is 12.7. The van der Waals surface area contributed by atoms with Gasteiger partial charge in [-0.05, 0) is 55.2 Å². The van der Waals surface area contributed by atoms with E-state index in [1.165, 1.54) is 12.1 Å². The minimum atomic E-state index is -1.05. The molecule has 10 nitrogen and oxygen atoms in total. The number of benzene rings is 1. The van der Waals surface area contributed by atoms with Crippen LogP contribution in [0.3, 0.4) is 0 Å². The number of carbonyl (C=O) groups is 4. The van der Waals surface area contributed by atoms with Gasteiger partial charge in [-0.15, -0.1) is 0 Å². The average Bonchev–Trinajstić information content (AvgIpc) is 2.87. The summed E-state index contributed by atoms with van der Waals surface area (Å²) < 4.78 is 26.4. The van der Waals surface area contributed by atoms with E-state index in [4.69, 9.17) is 29.4 Å². The van der Waals surface area contributed by atoms with Crippen LogP contribution in [0.2, 0.25) is 0 Å². The van der Waals surface area contributed by atoms with Gasteiger partial charge in [-0.3, -0.25) is 14.4 Å². The van der Waals surface area contributed by atoms with Crippen molar-refractivity contribution in [1.29, 1.82) is 0 Å². The van der Waals surface area contributed by atoms with E-state index in [-0.39, 0.29) is 48.9 Å². The molecule has 1 aromatic rings. The van der Waals surface area contributed by atoms with Crippen molar-refractivity contribution in [2.45, 2.75) is 87.3 Å². The summed E-state index contributed by atoms with van der Waals surface area (Å²) in [5.74, 6) is -1.71. The van der Waals surface area contributed by atoms with Crippen molar-refractivity contribution in [1.82, 2.24) is 0 Å². The predicted octanol–water partition coefficient (Wildman–Crippen LogP) is 5.08. The van der Waals surface area contributed by atoms with Crippen molar-refractivity contribution in [3.05, 3.63) is 23.8 Å². The highest BCUT2D eigenvalue weighted by Crippen LogP contribution is 2.31. The third-order valence-corrected chi connectivity index (χ3v) is 6.60. The van der Waals surface area contributed by atoms with Crippen LogP contribution in [-0.4, -0.2) is 49.4 Å². The zero-order valence-electron chi connectivity index (χ0n) is 25.4. The molecule has 0 aliphatic rings. The normalized spacial score (nSPS) is 14.3. The molecule has 226 valence electrons. The summed E-state index contributed by atoms with van der Waals surface area (Å²) in [6.07, 6.45) is -0.794. The lowest BCUT2D eigenvalue weighted by Crippen LogP contribution is -2.37. The van der Waals surface area contributed by atoms with Crippen LogP contribution in [0.5, 0.6) is 11.5 Å². The van der Waals surface area contributed by atoms with Crippen molar-refractivity contribution >= 4 is 24.1 Å². The molecule has 2 unspecified atom stereocenters. The van der Waals surface area contributed by atoms with E-state index in [1.54, 1.807) is 26.8 Å². The summed E-state index contributed by atoms with van der Waals surface area (Å²) in [6, 6.07) is 3.63. The van der Waals surface area contributed by atoms with E-state index < -0.39 is 42.1 Å². The van der Waals surface area contributed by atoms with E-state index in [1.807, 2.05) is 41.5 Å². The quantitative estimate of drug-likeness (QED) is 0.226. The Morgan fingerprint density at radius 2 is 1.30 bits per heavy atom. The summed E-state index contributed by atoms with van der Waals surface area (Å²) in [5, 5.41) is 0. The molecule has 0 fully saturated rings. The lowest BCUT2D eigenvalue weighted by molar-refractivity contribution is -0.152. The van der Waals surface area contributed by atoms with Crippen LogP contribution in [0, 0.1) is 29.6 Å². The number of hydrogen-bond acceptors (Lipinski definition) is 10. The summed E-state index contributed by atoms with van der Waals surface area (Å²) in [6.45, 7) is 16.8. The van der Waals surface area contributed by atoms with E-state index in [0.29, 0.717) is 17.9 Å². The molecular weight excluding hydrogens is 518 g/mol. The number of nitrogens with two attached hydrogens (primary N) is 1. The second-order valence-electron chi connectivity index (χ2n) is 11.3. The smallest absolute Gasteiger partial charge is 0.458 e. The minimum absolute atomic E-state index is 0.0405. The van der Waals surface area contributed by atoms with Gasteiger partial charge in [0.2, 0.25) is 0 Å². The third-order valence-electron chi connectivity index (χ3n) is 6.60. The van der Waals surface area contributed by atoms with Gasteiger partial charge in [-0.2, -0.15) is 0 Å². The fourth-order valence-electron chi connectivity index (χ4n) is 3.05. The molecule has 40 heavy (non-hydrogen) atoms. The SMILES string of the molecule is CC(C)CCOC(=O)OC[C@H](C)OC(=O)[C@@H](N)Cc1ccc(OC(=O)C(C)C(C)C)c(OC(=O)C(C)C(C)C)c1. The van der Waals surface area contributed by atoms with Gasteiger partial charge in [-0.25, -0.2) is 4.79 Å². The molecule has 1 rings (SSSR count). The molecule has 0 spiro atoms. The van der Waals surface area contributed by atoms with Crippen LogP contribution < -0.4 is 15.2 Å². The van der Waals surface area contributed by atoms with Crippen LogP contribution >= 0.6 is 0 Å². The Morgan fingerprint density at radius 1 is 0.750 bits per heavy atom. The minimum Gasteiger partial charge on any atom is -0.458 e. The molecule has 0 saturated heterocycles. The summed E-state index contributed by atoms with van der Waals surface area (Å²) in [7, 11) is 0. The van der Waals surface area contributed by atoms with Gasteiger partial charge < -0.3 is 29.4 Å². The fourth-order valence-corrected chi connectivity index (χ4v) is 3.05. The molecule has 0 radical (unpaired) electrons. The lowest BCUT2D eigenvalue weighted by atomic mass is 9.98. The summed E-state index contributed by atoms with van der Waals surface area (Å²) >= 11 is 0. The molecule has 0 aliphatic carbocycles. The number of esters is 3.